The maximum absolute atomic E-state index is 11.5. The molecular formula is C13H23N3O4P+. The third-order valence-electron chi connectivity index (χ3n) is 2.58. The van der Waals surface area contributed by atoms with Crippen LogP contribution in [0.2, 0.25) is 0 Å². The Balaban J connectivity index is 2.38. The van der Waals surface area contributed by atoms with Crippen molar-refractivity contribution >= 4 is 14.1 Å². The molecule has 0 aromatic carbocycles. The third kappa shape index (κ3) is 6.35. The number of nitrogens with one attached hydrogen (secondary N) is 2. The fraction of sp³-hybridized carbons (Fsp3) is 0.615. The van der Waals surface area contributed by atoms with E-state index >= 15 is 0 Å². The van der Waals surface area contributed by atoms with Crippen molar-refractivity contribution in [1.82, 2.24) is 15.3 Å². The van der Waals surface area contributed by atoms with Crippen molar-refractivity contribution in [1.29, 1.82) is 0 Å². The Morgan fingerprint density at radius 1 is 1.43 bits per heavy atom. The van der Waals surface area contributed by atoms with E-state index in [1.54, 1.807) is 11.1 Å². The standard InChI is InChI=1S/C13H22N3O4P/c1-9(2)15-21(18)19-8-10(3)20-12(5)16-7-6-13(17)14-11(16)4/h6-7,9-10,12H,4,8H2,1-3,5H3,(H-,14,15,17,18)/p+1/t10-,12+/m0/s1. The molecule has 1 unspecified atom stereocenters. The highest BCUT2D eigenvalue weighted by molar-refractivity contribution is 7.36. The smallest absolute Gasteiger partial charge is 0.353 e. The minimum Gasteiger partial charge on any atom is -0.353 e. The molecule has 0 saturated carbocycles. The van der Waals surface area contributed by atoms with Crippen molar-refractivity contribution in [2.45, 2.75) is 46.1 Å². The Kier molecular flexibility index (Phi) is 6.98. The highest BCUT2D eigenvalue weighted by Gasteiger charge is 2.24. The van der Waals surface area contributed by atoms with Crippen LogP contribution in [0.25, 0.3) is 0 Å². The van der Waals surface area contributed by atoms with Gasteiger partial charge in [-0.25, -0.2) is 0 Å². The van der Waals surface area contributed by atoms with Crippen molar-refractivity contribution in [3.63, 3.8) is 0 Å². The molecule has 7 nitrogen and oxygen atoms in total. The van der Waals surface area contributed by atoms with Gasteiger partial charge in [-0.15, -0.1) is 4.52 Å². The zero-order chi connectivity index (χ0) is 16.0. The van der Waals surface area contributed by atoms with Crippen LogP contribution >= 0.6 is 8.18 Å². The zero-order valence-electron chi connectivity index (χ0n) is 12.8. The van der Waals surface area contributed by atoms with E-state index in [0.717, 1.165) is 0 Å². The van der Waals surface area contributed by atoms with Crippen LogP contribution in [0, 0.1) is 0 Å². The van der Waals surface area contributed by atoms with E-state index in [2.05, 4.69) is 17.0 Å². The van der Waals surface area contributed by atoms with E-state index in [1.807, 2.05) is 27.7 Å². The van der Waals surface area contributed by atoms with Gasteiger partial charge in [0, 0.05) is 18.3 Å². The molecule has 118 valence electrons. The molecule has 3 atom stereocenters. The summed E-state index contributed by atoms with van der Waals surface area (Å²) in [7, 11) is -1.89. The van der Waals surface area contributed by atoms with Crippen molar-refractivity contribution in [3.8, 4) is 0 Å². The summed E-state index contributed by atoms with van der Waals surface area (Å²) in [5, 5.41) is 5.37. The molecule has 1 rings (SSSR count). The van der Waals surface area contributed by atoms with Gasteiger partial charge in [-0.2, -0.15) is 0 Å². The van der Waals surface area contributed by atoms with E-state index in [9.17, 15) is 9.36 Å². The maximum atomic E-state index is 11.5. The third-order valence-corrected chi connectivity index (χ3v) is 3.69. The molecule has 1 aliphatic rings. The number of amides is 1. The number of ether oxygens (including phenoxy) is 1. The Morgan fingerprint density at radius 3 is 2.67 bits per heavy atom. The molecule has 0 fully saturated rings. The first-order valence-corrected chi connectivity index (χ1v) is 7.95. The fourth-order valence-electron chi connectivity index (χ4n) is 1.69. The van der Waals surface area contributed by atoms with Crippen LogP contribution in [0.3, 0.4) is 0 Å². The average Bonchev–Trinajstić information content (AvgIpc) is 2.35. The van der Waals surface area contributed by atoms with Crippen molar-refractivity contribution in [3.05, 3.63) is 24.7 Å². The lowest BCUT2D eigenvalue weighted by atomic mass is 10.4. The topological polar surface area (TPSA) is 79.9 Å². The van der Waals surface area contributed by atoms with Gasteiger partial charge in [0.1, 0.15) is 18.7 Å². The summed E-state index contributed by atoms with van der Waals surface area (Å²) in [4.78, 5) is 12.8. The largest absolute Gasteiger partial charge is 0.613 e. The molecule has 1 aliphatic heterocycles. The van der Waals surface area contributed by atoms with Gasteiger partial charge in [-0.3, -0.25) is 4.79 Å². The van der Waals surface area contributed by atoms with Crippen molar-refractivity contribution in [2.75, 3.05) is 6.61 Å². The van der Waals surface area contributed by atoms with Gasteiger partial charge in [0.05, 0.1) is 6.10 Å². The van der Waals surface area contributed by atoms with Crippen LogP contribution in [-0.2, 0) is 18.6 Å². The number of carbonyl (C=O) groups excluding carboxylic acids is 1. The van der Waals surface area contributed by atoms with Crippen LogP contribution in [-0.4, -0.2) is 35.8 Å². The lowest BCUT2D eigenvalue weighted by molar-refractivity contribution is -0.118. The summed E-state index contributed by atoms with van der Waals surface area (Å²) in [6, 6.07) is 0.0918. The maximum Gasteiger partial charge on any atom is 0.613 e. The van der Waals surface area contributed by atoms with E-state index in [-0.39, 0.29) is 30.9 Å². The molecular weight excluding hydrogens is 293 g/mol. The Morgan fingerprint density at radius 2 is 2.10 bits per heavy atom. The first kappa shape index (κ1) is 17.8. The molecule has 0 spiro atoms. The normalized spacial score (nSPS) is 18.7. The number of carbonyl (C=O) groups is 1. The molecule has 2 N–H and O–H groups in total. The van der Waals surface area contributed by atoms with E-state index in [0.29, 0.717) is 5.82 Å². The summed E-state index contributed by atoms with van der Waals surface area (Å²) < 4.78 is 22.4. The first-order valence-electron chi connectivity index (χ1n) is 6.77. The highest BCUT2D eigenvalue weighted by atomic mass is 31.1. The molecule has 0 bridgehead atoms. The van der Waals surface area contributed by atoms with Crippen LogP contribution in [0.4, 0.5) is 0 Å². The van der Waals surface area contributed by atoms with Crippen molar-refractivity contribution in [2.24, 2.45) is 0 Å². The molecule has 1 heterocycles. The lowest BCUT2D eigenvalue weighted by Gasteiger charge is -2.32. The second kappa shape index (κ2) is 8.24. The van der Waals surface area contributed by atoms with Crippen LogP contribution in [0.1, 0.15) is 27.7 Å². The molecule has 8 heteroatoms. The monoisotopic (exact) mass is 316 g/mol. The van der Waals surface area contributed by atoms with E-state index < -0.39 is 8.18 Å². The fourth-order valence-corrected chi connectivity index (χ4v) is 2.53. The highest BCUT2D eigenvalue weighted by Crippen LogP contribution is 2.19. The number of hydrogen-bond donors (Lipinski definition) is 2. The number of nitrogens with zero attached hydrogens (tertiary/aromatic N) is 1. The number of hydrogen-bond acceptors (Lipinski definition) is 5. The molecule has 0 radical (unpaired) electrons. The molecule has 0 aliphatic carbocycles. The number of rotatable bonds is 8. The summed E-state index contributed by atoms with van der Waals surface area (Å²) in [6.45, 7) is 11.4. The molecule has 1 amide bonds. The second-order valence-corrected chi connectivity index (χ2v) is 6.07. The van der Waals surface area contributed by atoms with Gasteiger partial charge in [-0.05, 0) is 32.3 Å². The van der Waals surface area contributed by atoms with Crippen LogP contribution in [0.15, 0.2) is 24.7 Å². The van der Waals surface area contributed by atoms with Gasteiger partial charge < -0.3 is 15.0 Å². The summed E-state index contributed by atoms with van der Waals surface area (Å²) in [5.41, 5.74) is 0. The predicted octanol–water partition coefficient (Wildman–Crippen LogP) is 1.83. The van der Waals surface area contributed by atoms with E-state index in [4.69, 9.17) is 9.26 Å². The lowest BCUT2D eigenvalue weighted by Crippen LogP contribution is -2.42. The van der Waals surface area contributed by atoms with Gasteiger partial charge in [0.15, 0.2) is 0 Å². The van der Waals surface area contributed by atoms with Crippen molar-refractivity contribution < 1.29 is 18.6 Å². The SMILES string of the molecule is C=C1NC(=O)C=CN1[C@@H](C)O[C@@H](C)CO[P+](=O)NC(C)C. The minimum absolute atomic E-state index is 0.0918. The first-order chi connectivity index (χ1) is 9.79. The Labute approximate surface area is 126 Å². The Hall–Kier alpha value is -1.27. The summed E-state index contributed by atoms with van der Waals surface area (Å²) >= 11 is 0. The summed E-state index contributed by atoms with van der Waals surface area (Å²) in [6.07, 6.45) is 2.43. The van der Waals surface area contributed by atoms with Gasteiger partial charge in [0.2, 0.25) is 0 Å². The van der Waals surface area contributed by atoms with Gasteiger partial charge >= 0.3 is 8.18 Å². The van der Waals surface area contributed by atoms with E-state index in [1.165, 1.54) is 6.08 Å². The summed E-state index contributed by atoms with van der Waals surface area (Å²) in [5.74, 6) is 0.243. The predicted molar refractivity (Wildman–Crippen MR) is 80.1 cm³/mol. The quantitative estimate of drug-likeness (QED) is 0.665. The minimum atomic E-state index is -1.89. The Bertz CT molecular complexity index is 439. The molecule has 0 aromatic heterocycles. The van der Waals surface area contributed by atoms with Crippen LogP contribution < -0.4 is 10.4 Å². The molecule has 21 heavy (non-hydrogen) atoms. The van der Waals surface area contributed by atoms with Gasteiger partial charge in [-0.1, -0.05) is 11.7 Å². The zero-order valence-corrected chi connectivity index (χ0v) is 13.7. The molecule has 0 saturated heterocycles. The van der Waals surface area contributed by atoms with Gasteiger partial charge in [0.25, 0.3) is 5.91 Å². The van der Waals surface area contributed by atoms with Crippen LogP contribution in [0.5, 0.6) is 0 Å². The molecule has 0 aromatic rings. The second-order valence-electron chi connectivity index (χ2n) is 5.04. The average molecular weight is 316 g/mol.